The Morgan fingerprint density at radius 2 is 2.05 bits per heavy atom. The maximum atomic E-state index is 10.9. The highest BCUT2D eigenvalue weighted by molar-refractivity contribution is 5.74. The SMILES string of the molecule is COc1cc(CC(N)C(=O)O)c(OC)c2c1CCC2. The first-order valence-corrected chi connectivity index (χ1v) is 6.32. The van der Waals surface area contributed by atoms with Crippen LogP contribution in [0.15, 0.2) is 6.07 Å². The van der Waals surface area contributed by atoms with E-state index < -0.39 is 12.0 Å². The highest BCUT2D eigenvalue weighted by Gasteiger charge is 2.25. The van der Waals surface area contributed by atoms with Gasteiger partial charge in [0.2, 0.25) is 0 Å². The fourth-order valence-corrected chi connectivity index (χ4v) is 2.68. The van der Waals surface area contributed by atoms with Crippen LogP contribution >= 0.6 is 0 Å². The summed E-state index contributed by atoms with van der Waals surface area (Å²) in [6, 6.07) is 0.921. The van der Waals surface area contributed by atoms with Crippen LogP contribution in [0.25, 0.3) is 0 Å². The van der Waals surface area contributed by atoms with E-state index in [0.29, 0.717) is 0 Å². The molecular weight excluding hydrogens is 246 g/mol. The molecule has 0 radical (unpaired) electrons. The third kappa shape index (κ3) is 2.51. The summed E-state index contributed by atoms with van der Waals surface area (Å²) in [6.07, 6.45) is 3.21. The molecule has 19 heavy (non-hydrogen) atoms. The van der Waals surface area contributed by atoms with E-state index in [0.717, 1.165) is 41.9 Å². The topological polar surface area (TPSA) is 81.8 Å². The molecule has 3 N–H and O–H groups in total. The molecule has 1 aromatic carbocycles. The molecule has 5 heteroatoms. The molecule has 1 aliphatic carbocycles. The number of carbonyl (C=O) groups is 1. The van der Waals surface area contributed by atoms with Gasteiger partial charge in [-0.15, -0.1) is 0 Å². The van der Waals surface area contributed by atoms with Crippen molar-refractivity contribution in [3.63, 3.8) is 0 Å². The second-order valence-corrected chi connectivity index (χ2v) is 4.73. The van der Waals surface area contributed by atoms with Gasteiger partial charge in [0, 0.05) is 23.1 Å². The normalized spacial score (nSPS) is 14.9. The molecule has 2 rings (SSSR count). The van der Waals surface area contributed by atoms with E-state index in [-0.39, 0.29) is 6.42 Å². The van der Waals surface area contributed by atoms with Gasteiger partial charge in [0.25, 0.3) is 0 Å². The molecule has 1 atom stereocenters. The first-order valence-electron chi connectivity index (χ1n) is 6.32. The molecule has 0 fully saturated rings. The minimum Gasteiger partial charge on any atom is -0.496 e. The fraction of sp³-hybridized carbons (Fsp3) is 0.500. The van der Waals surface area contributed by atoms with Gasteiger partial charge in [-0.05, 0) is 25.3 Å². The highest BCUT2D eigenvalue weighted by Crippen LogP contribution is 2.40. The van der Waals surface area contributed by atoms with Crippen molar-refractivity contribution in [2.75, 3.05) is 14.2 Å². The van der Waals surface area contributed by atoms with E-state index in [1.54, 1.807) is 14.2 Å². The first kappa shape index (κ1) is 13.7. The van der Waals surface area contributed by atoms with Crippen molar-refractivity contribution in [1.29, 1.82) is 0 Å². The second kappa shape index (κ2) is 5.48. The number of benzene rings is 1. The third-order valence-corrected chi connectivity index (χ3v) is 3.57. The zero-order chi connectivity index (χ0) is 14.0. The van der Waals surface area contributed by atoms with Crippen molar-refractivity contribution in [3.05, 3.63) is 22.8 Å². The van der Waals surface area contributed by atoms with Crippen molar-refractivity contribution >= 4 is 5.97 Å². The molecule has 0 aromatic heterocycles. The van der Waals surface area contributed by atoms with Gasteiger partial charge in [0.05, 0.1) is 14.2 Å². The largest absolute Gasteiger partial charge is 0.496 e. The standard InChI is InChI=1S/C14H19NO4/c1-18-12-7-8(6-11(15)14(16)17)13(19-2)10-5-3-4-9(10)12/h7,11H,3-6,15H2,1-2H3,(H,16,17). The molecule has 0 amide bonds. The Labute approximate surface area is 112 Å². The number of hydrogen-bond acceptors (Lipinski definition) is 4. The minimum atomic E-state index is -1.01. The van der Waals surface area contributed by atoms with E-state index in [9.17, 15) is 4.79 Å². The van der Waals surface area contributed by atoms with E-state index >= 15 is 0 Å². The summed E-state index contributed by atoms with van der Waals surface area (Å²) in [5, 5.41) is 8.93. The lowest BCUT2D eigenvalue weighted by atomic mass is 9.98. The lowest BCUT2D eigenvalue weighted by Crippen LogP contribution is -2.32. The van der Waals surface area contributed by atoms with E-state index in [2.05, 4.69) is 0 Å². The Balaban J connectivity index is 2.45. The van der Waals surface area contributed by atoms with Gasteiger partial charge in [-0.3, -0.25) is 4.79 Å². The lowest BCUT2D eigenvalue weighted by molar-refractivity contribution is -0.138. The molecule has 104 valence electrons. The van der Waals surface area contributed by atoms with Crippen molar-refractivity contribution < 1.29 is 19.4 Å². The number of carboxylic acid groups (broad SMARTS) is 1. The van der Waals surface area contributed by atoms with Gasteiger partial charge < -0.3 is 20.3 Å². The number of nitrogens with two attached hydrogens (primary N) is 1. The second-order valence-electron chi connectivity index (χ2n) is 4.73. The predicted molar refractivity (Wildman–Crippen MR) is 70.9 cm³/mol. The molecule has 1 aromatic rings. The van der Waals surface area contributed by atoms with Crippen LogP contribution in [0.1, 0.15) is 23.1 Å². The summed E-state index contributed by atoms with van der Waals surface area (Å²) in [5.74, 6) is 0.562. The first-order chi connectivity index (χ1) is 9.08. The average molecular weight is 265 g/mol. The maximum Gasteiger partial charge on any atom is 0.320 e. The predicted octanol–water partition coefficient (Wildman–Crippen LogP) is 1.15. The molecule has 0 aliphatic heterocycles. The van der Waals surface area contributed by atoms with E-state index in [1.807, 2.05) is 6.07 Å². The molecule has 0 bridgehead atoms. The van der Waals surface area contributed by atoms with Crippen LogP contribution in [0.2, 0.25) is 0 Å². The fourth-order valence-electron chi connectivity index (χ4n) is 2.68. The lowest BCUT2D eigenvalue weighted by Gasteiger charge is -2.17. The smallest absolute Gasteiger partial charge is 0.320 e. The molecule has 0 spiro atoms. The number of aliphatic carboxylic acids is 1. The Morgan fingerprint density at radius 3 is 2.63 bits per heavy atom. The number of methoxy groups -OCH3 is 2. The summed E-state index contributed by atoms with van der Waals surface area (Å²) in [5.41, 5.74) is 8.72. The third-order valence-electron chi connectivity index (χ3n) is 3.57. The zero-order valence-electron chi connectivity index (χ0n) is 11.2. The van der Waals surface area contributed by atoms with E-state index in [1.165, 1.54) is 5.56 Å². The van der Waals surface area contributed by atoms with Gasteiger partial charge in [-0.25, -0.2) is 0 Å². The number of ether oxygens (including phenoxy) is 2. The molecule has 5 nitrogen and oxygen atoms in total. The van der Waals surface area contributed by atoms with Crippen LogP contribution < -0.4 is 15.2 Å². The molecule has 0 heterocycles. The van der Waals surface area contributed by atoms with Crippen LogP contribution in [-0.4, -0.2) is 31.3 Å². The number of carboxylic acids is 1. The number of fused-ring (bicyclic) bond motifs is 1. The van der Waals surface area contributed by atoms with Crippen LogP contribution in [0.3, 0.4) is 0 Å². The quantitative estimate of drug-likeness (QED) is 0.834. The molecule has 1 aliphatic rings. The maximum absolute atomic E-state index is 10.9. The Morgan fingerprint density at radius 1 is 1.37 bits per heavy atom. The summed E-state index contributed by atoms with van der Waals surface area (Å²) in [6.45, 7) is 0. The van der Waals surface area contributed by atoms with Crippen molar-refractivity contribution in [3.8, 4) is 11.5 Å². The average Bonchev–Trinajstić information content (AvgIpc) is 2.86. The highest BCUT2D eigenvalue weighted by atomic mass is 16.5. The minimum absolute atomic E-state index is 0.238. The molecule has 1 unspecified atom stereocenters. The molecule has 0 saturated heterocycles. The van der Waals surface area contributed by atoms with Gasteiger partial charge in [-0.1, -0.05) is 0 Å². The van der Waals surface area contributed by atoms with Crippen LogP contribution in [-0.2, 0) is 24.1 Å². The summed E-state index contributed by atoms with van der Waals surface area (Å²) in [4.78, 5) is 10.9. The summed E-state index contributed by atoms with van der Waals surface area (Å²) in [7, 11) is 3.23. The van der Waals surface area contributed by atoms with Crippen molar-refractivity contribution in [2.45, 2.75) is 31.7 Å². The molecular formula is C14H19NO4. The van der Waals surface area contributed by atoms with Crippen LogP contribution in [0, 0.1) is 0 Å². The Bertz CT molecular complexity index is 499. The van der Waals surface area contributed by atoms with Crippen LogP contribution in [0.4, 0.5) is 0 Å². The zero-order valence-corrected chi connectivity index (χ0v) is 11.2. The monoisotopic (exact) mass is 265 g/mol. The summed E-state index contributed by atoms with van der Waals surface area (Å²) >= 11 is 0. The number of rotatable bonds is 5. The van der Waals surface area contributed by atoms with Gasteiger partial charge in [0.1, 0.15) is 17.5 Å². The van der Waals surface area contributed by atoms with Gasteiger partial charge >= 0.3 is 5.97 Å². The van der Waals surface area contributed by atoms with Crippen molar-refractivity contribution in [1.82, 2.24) is 0 Å². The Hall–Kier alpha value is -1.75. The molecule has 0 saturated carbocycles. The summed E-state index contributed by atoms with van der Waals surface area (Å²) < 4.78 is 10.9. The van der Waals surface area contributed by atoms with Crippen molar-refractivity contribution in [2.24, 2.45) is 5.73 Å². The van der Waals surface area contributed by atoms with Gasteiger partial charge in [0.15, 0.2) is 0 Å². The van der Waals surface area contributed by atoms with Gasteiger partial charge in [-0.2, -0.15) is 0 Å². The number of hydrogen-bond donors (Lipinski definition) is 2. The van der Waals surface area contributed by atoms with E-state index in [4.69, 9.17) is 20.3 Å². The van der Waals surface area contributed by atoms with Crippen LogP contribution in [0.5, 0.6) is 11.5 Å². The Kier molecular flexibility index (Phi) is 3.95.